The van der Waals surface area contributed by atoms with Gasteiger partial charge in [-0.05, 0) is 49.1 Å². The van der Waals surface area contributed by atoms with Crippen molar-refractivity contribution in [3.8, 4) is 5.75 Å². The summed E-state index contributed by atoms with van der Waals surface area (Å²) in [5.41, 5.74) is 1.67. The summed E-state index contributed by atoms with van der Waals surface area (Å²) in [5.74, 6) is 0.215. The Morgan fingerprint density at radius 3 is 2.83 bits per heavy atom. The number of hydrogen-bond acceptors (Lipinski definition) is 7. The lowest BCUT2D eigenvalue weighted by Crippen LogP contribution is -2.39. The molecule has 3 heterocycles. The zero-order valence-electron chi connectivity index (χ0n) is 19.5. The van der Waals surface area contributed by atoms with E-state index in [1.165, 1.54) is 22.7 Å². The fourth-order valence-electron chi connectivity index (χ4n) is 3.89. The third-order valence-electron chi connectivity index (χ3n) is 5.32. The normalized spacial score (nSPS) is 15.5. The Labute approximate surface area is 219 Å². The molecule has 0 unspecified atom stereocenters. The summed E-state index contributed by atoms with van der Waals surface area (Å²) < 4.78 is 14.2. The van der Waals surface area contributed by atoms with Crippen LogP contribution >= 0.6 is 38.6 Å². The van der Waals surface area contributed by atoms with Crippen LogP contribution in [0.15, 0.2) is 73.9 Å². The average Bonchev–Trinajstić information content (AvgIpc) is 3.47. The molecule has 2 aromatic heterocycles. The quantitative estimate of drug-likeness (QED) is 0.268. The van der Waals surface area contributed by atoms with Crippen molar-refractivity contribution in [2.75, 3.05) is 13.2 Å². The number of rotatable bonds is 9. The minimum absolute atomic E-state index is 0.209. The molecule has 182 valence electrons. The zero-order valence-corrected chi connectivity index (χ0v) is 22.7. The number of benzene rings is 1. The first-order valence-electron chi connectivity index (χ1n) is 11.3. The van der Waals surface area contributed by atoms with Crippen molar-refractivity contribution in [2.45, 2.75) is 32.7 Å². The van der Waals surface area contributed by atoms with Gasteiger partial charge in [-0.3, -0.25) is 9.36 Å². The standard InChI is InChI=1S/C26H25BrN2O4S2/c1-4-8-18-22(25(31)32-6-3)23(20-9-7-13-34-20)29-24(30)21(35-26(29)28-18)15-16-14-17(27)10-11-19(16)33-12-5-2/h5,7,9-11,13-15,23H,2,4,6,8,12H2,1,3H3/b21-15-/t23-/m1/s1. The number of hydrogen-bond donors (Lipinski definition) is 0. The lowest BCUT2D eigenvalue weighted by Gasteiger charge is -2.24. The van der Waals surface area contributed by atoms with E-state index >= 15 is 0 Å². The molecule has 1 aliphatic heterocycles. The van der Waals surface area contributed by atoms with E-state index in [-0.39, 0.29) is 12.2 Å². The third kappa shape index (κ3) is 5.27. The first-order valence-corrected chi connectivity index (χ1v) is 13.8. The van der Waals surface area contributed by atoms with Gasteiger partial charge in [0.1, 0.15) is 18.4 Å². The minimum Gasteiger partial charge on any atom is -0.489 e. The number of fused-ring (bicyclic) bond motifs is 1. The van der Waals surface area contributed by atoms with Crippen LogP contribution in [0.25, 0.3) is 6.08 Å². The lowest BCUT2D eigenvalue weighted by atomic mass is 9.99. The Hall–Kier alpha value is -2.75. The van der Waals surface area contributed by atoms with E-state index < -0.39 is 12.0 Å². The predicted octanol–water partition coefficient (Wildman–Crippen LogP) is 4.97. The van der Waals surface area contributed by atoms with Crippen molar-refractivity contribution in [3.63, 3.8) is 0 Å². The topological polar surface area (TPSA) is 69.9 Å². The molecule has 1 atom stereocenters. The average molecular weight is 574 g/mol. The fraction of sp³-hybridized carbons (Fsp3) is 0.269. The first-order chi connectivity index (χ1) is 17.0. The summed E-state index contributed by atoms with van der Waals surface area (Å²) in [6, 6.07) is 8.92. The maximum absolute atomic E-state index is 13.8. The van der Waals surface area contributed by atoms with E-state index in [0.717, 1.165) is 21.3 Å². The number of allylic oxidation sites excluding steroid dienone is 1. The van der Waals surface area contributed by atoms with Gasteiger partial charge in [0.05, 0.1) is 22.4 Å². The van der Waals surface area contributed by atoms with Gasteiger partial charge in [-0.15, -0.1) is 11.3 Å². The Kier molecular flexibility index (Phi) is 8.20. The van der Waals surface area contributed by atoms with E-state index in [9.17, 15) is 9.59 Å². The molecule has 6 nitrogen and oxygen atoms in total. The monoisotopic (exact) mass is 572 g/mol. The van der Waals surface area contributed by atoms with Gasteiger partial charge in [0.25, 0.3) is 5.56 Å². The van der Waals surface area contributed by atoms with Crippen molar-refractivity contribution in [1.29, 1.82) is 0 Å². The van der Waals surface area contributed by atoms with Crippen molar-refractivity contribution in [1.82, 2.24) is 4.57 Å². The molecule has 4 rings (SSSR count). The van der Waals surface area contributed by atoms with Crippen LogP contribution in [0, 0.1) is 0 Å². The summed E-state index contributed by atoms with van der Waals surface area (Å²) in [6.45, 7) is 8.12. The highest BCUT2D eigenvalue weighted by atomic mass is 79.9. The Balaban J connectivity index is 1.95. The summed E-state index contributed by atoms with van der Waals surface area (Å²) in [5, 5.41) is 1.94. The van der Waals surface area contributed by atoms with E-state index in [0.29, 0.717) is 39.4 Å². The lowest BCUT2D eigenvalue weighted by molar-refractivity contribution is -0.139. The molecule has 0 fully saturated rings. The van der Waals surface area contributed by atoms with Gasteiger partial charge in [0.2, 0.25) is 0 Å². The molecule has 0 radical (unpaired) electrons. The predicted molar refractivity (Wildman–Crippen MR) is 144 cm³/mol. The molecule has 1 aliphatic rings. The molecular weight excluding hydrogens is 548 g/mol. The van der Waals surface area contributed by atoms with Crippen molar-refractivity contribution >= 4 is 50.6 Å². The molecule has 0 saturated heterocycles. The maximum atomic E-state index is 13.8. The second-order valence-electron chi connectivity index (χ2n) is 7.71. The number of thiophene rings is 1. The molecule has 0 spiro atoms. The number of aromatic nitrogens is 1. The minimum atomic E-state index is -0.576. The summed E-state index contributed by atoms with van der Waals surface area (Å²) in [6.07, 6.45) is 4.92. The molecule has 0 N–H and O–H groups in total. The van der Waals surface area contributed by atoms with Gasteiger partial charge in [0.15, 0.2) is 4.80 Å². The van der Waals surface area contributed by atoms with Crippen LogP contribution in [0.5, 0.6) is 5.75 Å². The highest BCUT2D eigenvalue weighted by Gasteiger charge is 2.34. The molecule has 0 saturated carbocycles. The number of carbonyl (C=O) groups excluding carboxylic acids is 1. The van der Waals surface area contributed by atoms with Crippen LogP contribution in [0.4, 0.5) is 0 Å². The number of ether oxygens (including phenoxy) is 2. The Morgan fingerprint density at radius 2 is 2.14 bits per heavy atom. The molecular formula is C26H25BrN2O4S2. The molecule has 0 aliphatic carbocycles. The van der Waals surface area contributed by atoms with Crippen molar-refractivity contribution < 1.29 is 14.3 Å². The number of nitrogens with zero attached hydrogens (tertiary/aromatic N) is 2. The van der Waals surface area contributed by atoms with Crippen molar-refractivity contribution in [2.24, 2.45) is 4.99 Å². The smallest absolute Gasteiger partial charge is 0.338 e. The van der Waals surface area contributed by atoms with Crippen LogP contribution in [-0.4, -0.2) is 23.8 Å². The van der Waals surface area contributed by atoms with Crippen molar-refractivity contribution in [3.05, 3.63) is 94.2 Å². The molecule has 3 aromatic rings. The SMILES string of the molecule is C=CCOc1ccc(Br)cc1/C=c1\sc2n(c1=O)[C@H](c1cccs1)C(C(=O)OCC)=C(CCC)N=2. The summed E-state index contributed by atoms with van der Waals surface area (Å²) in [7, 11) is 0. The second-order valence-corrected chi connectivity index (χ2v) is 10.6. The van der Waals surface area contributed by atoms with Gasteiger partial charge < -0.3 is 9.47 Å². The van der Waals surface area contributed by atoms with Gasteiger partial charge in [-0.2, -0.15) is 0 Å². The zero-order chi connectivity index (χ0) is 24.9. The number of halogens is 1. The number of thiazole rings is 1. The van der Waals surface area contributed by atoms with Crippen LogP contribution < -0.4 is 19.6 Å². The second kappa shape index (κ2) is 11.3. The molecule has 35 heavy (non-hydrogen) atoms. The molecule has 0 amide bonds. The molecule has 0 bridgehead atoms. The van der Waals surface area contributed by atoms with Crippen LogP contribution in [0.1, 0.15) is 43.2 Å². The third-order valence-corrected chi connectivity index (χ3v) is 7.72. The molecule has 1 aromatic carbocycles. The van der Waals surface area contributed by atoms with Gasteiger partial charge in [0, 0.05) is 14.9 Å². The maximum Gasteiger partial charge on any atom is 0.338 e. The van der Waals surface area contributed by atoms with E-state index in [1.807, 2.05) is 48.7 Å². The van der Waals surface area contributed by atoms with Gasteiger partial charge >= 0.3 is 5.97 Å². The number of carbonyl (C=O) groups is 1. The Morgan fingerprint density at radius 1 is 1.31 bits per heavy atom. The Bertz CT molecular complexity index is 1450. The van der Waals surface area contributed by atoms with E-state index in [2.05, 4.69) is 22.5 Å². The summed E-state index contributed by atoms with van der Waals surface area (Å²) in [4.78, 5) is 33.1. The van der Waals surface area contributed by atoms with Crippen LogP contribution in [-0.2, 0) is 9.53 Å². The van der Waals surface area contributed by atoms with Crippen LogP contribution in [0.2, 0.25) is 0 Å². The number of esters is 1. The first kappa shape index (κ1) is 25.3. The highest BCUT2D eigenvalue weighted by Crippen LogP contribution is 2.34. The van der Waals surface area contributed by atoms with Gasteiger partial charge in [-0.1, -0.05) is 59.3 Å². The largest absolute Gasteiger partial charge is 0.489 e. The summed E-state index contributed by atoms with van der Waals surface area (Å²) >= 11 is 6.31. The fourth-order valence-corrected chi connectivity index (χ4v) is 6.10. The van der Waals surface area contributed by atoms with Crippen LogP contribution in [0.3, 0.4) is 0 Å². The molecule has 9 heteroatoms. The van der Waals surface area contributed by atoms with Gasteiger partial charge in [-0.25, -0.2) is 9.79 Å². The highest BCUT2D eigenvalue weighted by molar-refractivity contribution is 9.10. The van der Waals surface area contributed by atoms with E-state index in [4.69, 9.17) is 14.5 Å². The van der Waals surface area contributed by atoms with E-state index in [1.54, 1.807) is 17.6 Å².